The number of H-pyrrole nitrogens is 2. The maximum absolute atomic E-state index is 11.8. The van der Waals surface area contributed by atoms with Gasteiger partial charge in [-0.1, -0.05) is 0 Å². The Morgan fingerprint density at radius 1 is 1.00 bits per heavy atom. The lowest BCUT2D eigenvalue weighted by Gasteiger charge is -2.32. The molecule has 0 saturated carbocycles. The first-order chi connectivity index (χ1) is 8.14. The van der Waals surface area contributed by atoms with E-state index in [1.54, 1.807) is 6.92 Å². The summed E-state index contributed by atoms with van der Waals surface area (Å²) < 4.78 is 11.6. The molecule has 0 radical (unpaired) electrons. The predicted octanol–water partition coefficient (Wildman–Crippen LogP) is -0.329. The van der Waals surface area contributed by atoms with E-state index in [0.717, 1.165) is 0 Å². The van der Waals surface area contributed by atoms with Crippen molar-refractivity contribution in [1.29, 1.82) is 0 Å². The van der Waals surface area contributed by atoms with Crippen LogP contribution in [0.25, 0.3) is 0 Å². The molecule has 0 bridgehead atoms. The van der Waals surface area contributed by atoms with Crippen molar-refractivity contribution in [3.05, 3.63) is 26.5 Å². The van der Waals surface area contributed by atoms with Crippen LogP contribution in [0.15, 0.2) is 9.59 Å². The van der Waals surface area contributed by atoms with Crippen LogP contribution in [-0.2, 0) is 9.31 Å². The summed E-state index contributed by atoms with van der Waals surface area (Å²) in [5.74, 6) is 0. The Labute approximate surface area is 105 Å². The van der Waals surface area contributed by atoms with Crippen molar-refractivity contribution in [2.24, 2.45) is 0 Å². The molecule has 0 amide bonds. The smallest absolute Gasteiger partial charge is 0.399 e. The van der Waals surface area contributed by atoms with Gasteiger partial charge in [-0.05, 0) is 34.6 Å². The Hall–Kier alpha value is -1.34. The van der Waals surface area contributed by atoms with Crippen molar-refractivity contribution in [3.63, 3.8) is 0 Å². The molecule has 1 aromatic rings. The summed E-state index contributed by atoms with van der Waals surface area (Å²) in [4.78, 5) is 27.7. The lowest BCUT2D eigenvalue weighted by atomic mass is 9.79. The van der Waals surface area contributed by atoms with Gasteiger partial charge in [0.25, 0.3) is 5.56 Å². The SMILES string of the molecule is Cc1[nH]c(=O)[nH]c(=O)c1B1OC(C)(C)C(C)(C)O1. The van der Waals surface area contributed by atoms with E-state index in [-0.39, 0.29) is 0 Å². The van der Waals surface area contributed by atoms with Gasteiger partial charge in [0.15, 0.2) is 0 Å². The van der Waals surface area contributed by atoms with Gasteiger partial charge < -0.3 is 14.3 Å². The molecule has 0 atom stereocenters. The van der Waals surface area contributed by atoms with E-state index in [4.69, 9.17) is 9.31 Å². The Kier molecular flexibility index (Phi) is 2.79. The van der Waals surface area contributed by atoms with E-state index in [1.807, 2.05) is 27.7 Å². The fraction of sp³-hybridized carbons (Fsp3) is 0.636. The van der Waals surface area contributed by atoms with E-state index >= 15 is 0 Å². The summed E-state index contributed by atoms with van der Waals surface area (Å²) in [6.45, 7) is 9.27. The minimum Gasteiger partial charge on any atom is -0.399 e. The van der Waals surface area contributed by atoms with Gasteiger partial charge in [0, 0.05) is 5.69 Å². The molecule has 2 heterocycles. The average Bonchev–Trinajstić information content (AvgIpc) is 2.32. The largest absolute Gasteiger partial charge is 0.502 e. The van der Waals surface area contributed by atoms with Gasteiger partial charge in [-0.25, -0.2) is 4.79 Å². The van der Waals surface area contributed by atoms with Crippen LogP contribution in [0.4, 0.5) is 0 Å². The van der Waals surface area contributed by atoms with Gasteiger partial charge in [-0.2, -0.15) is 0 Å². The quantitative estimate of drug-likeness (QED) is 0.670. The molecule has 1 saturated heterocycles. The number of rotatable bonds is 1. The highest BCUT2D eigenvalue weighted by Crippen LogP contribution is 2.36. The molecule has 1 aliphatic heterocycles. The highest BCUT2D eigenvalue weighted by molar-refractivity contribution is 6.62. The number of nitrogens with one attached hydrogen (secondary N) is 2. The minimum atomic E-state index is -0.768. The van der Waals surface area contributed by atoms with Crippen molar-refractivity contribution >= 4 is 12.6 Å². The monoisotopic (exact) mass is 252 g/mol. The summed E-state index contributed by atoms with van der Waals surface area (Å²) in [7, 11) is -0.768. The van der Waals surface area contributed by atoms with E-state index in [1.165, 1.54) is 0 Å². The maximum Gasteiger partial charge on any atom is 0.502 e. The lowest BCUT2D eigenvalue weighted by Crippen LogP contribution is -2.49. The zero-order valence-corrected chi connectivity index (χ0v) is 11.2. The summed E-state index contributed by atoms with van der Waals surface area (Å²) in [5.41, 5.74) is -1.28. The second-order valence-electron chi connectivity index (χ2n) is 5.54. The maximum atomic E-state index is 11.8. The first-order valence-electron chi connectivity index (χ1n) is 5.83. The molecule has 2 N–H and O–H groups in total. The summed E-state index contributed by atoms with van der Waals surface area (Å²) in [6, 6.07) is 0. The van der Waals surface area contributed by atoms with Gasteiger partial charge in [-0.15, -0.1) is 0 Å². The number of hydrogen-bond donors (Lipinski definition) is 2. The van der Waals surface area contributed by atoms with Crippen LogP contribution in [0.5, 0.6) is 0 Å². The normalized spacial score (nSPS) is 21.3. The van der Waals surface area contributed by atoms with Gasteiger partial charge >= 0.3 is 12.8 Å². The van der Waals surface area contributed by atoms with Crippen molar-refractivity contribution < 1.29 is 9.31 Å². The molecular weight excluding hydrogens is 235 g/mol. The Morgan fingerprint density at radius 3 is 1.94 bits per heavy atom. The molecule has 1 aliphatic rings. The lowest BCUT2D eigenvalue weighted by molar-refractivity contribution is 0.00578. The second-order valence-corrected chi connectivity index (χ2v) is 5.54. The first kappa shape index (κ1) is 13.1. The Morgan fingerprint density at radius 2 is 1.50 bits per heavy atom. The van der Waals surface area contributed by atoms with Crippen molar-refractivity contribution in [1.82, 2.24) is 9.97 Å². The summed E-state index contributed by atoms with van der Waals surface area (Å²) in [6.07, 6.45) is 0. The molecule has 0 unspecified atom stereocenters. The van der Waals surface area contributed by atoms with Crippen molar-refractivity contribution in [2.75, 3.05) is 0 Å². The van der Waals surface area contributed by atoms with E-state index in [9.17, 15) is 9.59 Å². The highest BCUT2D eigenvalue weighted by atomic mass is 16.7. The number of aromatic amines is 2. The van der Waals surface area contributed by atoms with Crippen LogP contribution in [0, 0.1) is 6.92 Å². The fourth-order valence-corrected chi connectivity index (χ4v) is 1.85. The predicted molar refractivity (Wildman–Crippen MR) is 68.1 cm³/mol. The summed E-state index contributed by atoms with van der Waals surface area (Å²) in [5, 5.41) is 0. The minimum absolute atomic E-state index is 0.313. The van der Waals surface area contributed by atoms with Gasteiger partial charge in [0.1, 0.15) is 0 Å². The molecule has 0 aliphatic carbocycles. The Balaban J connectivity index is 2.48. The molecular formula is C11H17BN2O4. The van der Waals surface area contributed by atoms with Crippen molar-refractivity contribution in [2.45, 2.75) is 45.8 Å². The summed E-state index contributed by atoms with van der Waals surface area (Å²) >= 11 is 0. The molecule has 98 valence electrons. The third-order valence-electron chi connectivity index (χ3n) is 3.67. The third-order valence-corrected chi connectivity index (χ3v) is 3.67. The molecule has 18 heavy (non-hydrogen) atoms. The molecule has 1 fully saturated rings. The topological polar surface area (TPSA) is 84.2 Å². The molecule has 0 aromatic carbocycles. The van der Waals surface area contributed by atoms with Crippen LogP contribution in [0.2, 0.25) is 0 Å². The van der Waals surface area contributed by atoms with Crippen LogP contribution in [0.3, 0.4) is 0 Å². The fourth-order valence-electron chi connectivity index (χ4n) is 1.85. The molecule has 2 rings (SSSR count). The second kappa shape index (κ2) is 3.83. The number of hydrogen-bond acceptors (Lipinski definition) is 4. The van der Waals surface area contributed by atoms with Crippen LogP contribution >= 0.6 is 0 Å². The standard InChI is InChI=1S/C11H17BN2O4/c1-6-7(8(15)14-9(16)13-6)12-17-10(2,3)11(4,5)18-12/h1-5H3,(H2,13,14,15,16). The van der Waals surface area contributed by atoms with Gasteiger partial charge in [0.05, 0.1) is 16.7 Å². The zero-order valence-electron chi connectivity index (χ0n) is 11.2. The molecule has 0 spiro atoms. The van der Waals surface area contributed by atoms with E-state index in [0.29, 0.717) is 11.2 Å². The molecule has 6 nitrogen and oxygen atoms in total. The Bertz CT molecular complexity index is 571. The van der Waals surface area contributed by atoms with E-state index < -0.39 is 29.6 Å². The third kappa shape index (κ3) is 1.93. The zero-order chi connectivity index (χ0) is 13.7. The van der Waals surface area contributed by atoms with Crippen LogP contribution < -0.4 is 16.7 Å². The van der Waals surface area contributed by atoms with E-state index in [2.05, 4.69) is 9.97 Å². The highest BCUT2D eigenvalue weighted by Gasteiger charge is 2.53. The molecule has 7 heteroatoms. The molecule has 1 aromatic heterocycles. The van der Waals surface area contributed by atoms with Crippen molar-refractivity contribution in [3.8, 4) is 0 Å². The first-order valence-corrected chi connectivity index (χ1v) is 5.83. The van der Waals surface area contributed by atoms with Crippen LogP contribution in [-0.4, -0.2) is 28.3 Å². The average molecular weight is 252 g/mol. The van der Waals surface area contributed by atoms with Gasteiger partial charge in [-0.3, -0.25) is 9.78 Å². The number of aryl methyl sites for hydroxylation is 1. The number of aromatic nitrogens is 2. The van der Waals surface area contributed by atoms with Gasteiger partial charge in [0.2, 0.25) is 0 Å². The van der Waals surface area contributed by atoms with Crippen LogP contribution in [0.1, 0.15) is 33.4 Å².